The SMILES string of the molecule is O=C(O)Cc1ccc(CCC(=O)Nc2cncc(N3CCCC(OC4=C(O)CCC=C4)C3)n2)cc1. The van der Waals surface area contributed by atoms with Gasteiger partial charge in [-0.15, -0.1) is 0 Å². The van der Waals surface area contributed by atoms with Crippen LogP contribution in [0.15, 0.2) is 60.3 Å². The number of aliphatic hydroxyl groups is 1. The van der Waals surface area contributed by atoms with Crippen LogP contribution in [0.25, 0.3) is 0 Å². The lowest BCUT2D eigenvalue weighted by atomic mass is 10.1. The molecular weight excluding hydrogens is 448 g/mol. The first kappa shape index (κ1) is 24.3. The number of piperidine rings is 1. The predicted molar refractivity (Wildman–Crippen MR) is 131 cm³/mol. The molecule has 1 aromatic heterocycles. The van der Waals surface area contributed by atoms with Crippen LogP contribution in [0, 0.1) is 0 Å². The summed E-state index contributed by atoms with van der Waals surface area (Å²) >= 11 is 0. The van der Waals surface area contributed by atoms with Gasteiger partial charge in [-0.2, -0.15) is 0 Å². The lowest BCUT2D eigenvalue weighted by molar-refractivity contribution is -0.136. The van der Waals surface area contributed by atoms with Gasteiger partial charge in [0, 0.05) is 19.4 Å². The summed E-state index contributed by atoms with van der Waals surface area (Å²) in [5, 5.41) is 21.7. The molecule has 2 aliphatic rings. The first-order chi connectivity index (χ1) is 17.0. The zero-order valence-electron chi connectivity index (χ0n) is 19.5. The minimum absolute atomic E-state index is 0.0168. The molecule has 0 radical (unpaired) electrons. The van der Waals surface area contributed by atoms with Gasteiger partial charge in [0.15, 0.2) is 11.6 Å². The number of carbonyl (C=O) groups excluding carboxylic acids is 1. The number of aromatic nitrogens is 2. The van der Waals surface area contributed by atoms with Crippen molar-refractivity contribution in [2.45, 2.75) is 51.0 Å². The van der Waals surface area contributed by atoms with Crippen LogP contribution in [-0.4, -0.2) is 51.3 Å². The van der Waals surface area contributed by atoms with Gasteiger partial charge in [0.2, 0.25) is 5.91 Å². The Bertz CT molecular complexity index is 1110. The van der Waals surface area contributed by atoms with E-state index in [1.165, 1.54) is 6.20 Å². The quantitative estimate of drug-likeness (QED) is 0.497. The van der Waals surface area contributed by atoms with E-state index >= 15 is 0 Å². The maximum atomic E-state index is 12.5. The van der Waals surface area contributed by atoms with E-state index in [9.17, 15) is 14.7 Å². The summed E-state index contributed by atoms with van der Waals surface area (Å²) in [6.07, 6.45) is 11.0. The highest BCUT2D eigenvalue weighted by molar-refractivity contribution is 5.89. The van der Waals surface area contributed by atoms with Crippen molar-refractivity contribution in [3.05, 3.63) is 71.5 Å². The Hall–Kier alpha value is -3.88. The van der Waals surface area contributed by atoms with Gasteiger partial charge in [0.25, 0.3) is 0 Å². The second kappa shape index (κ2) is 11.5. The molecule has 1 atom stereocenters. The number of carboxylic acids is 1. The van der Waals surface area contributed by atoms with Crippen molar-refractivity contribution >= 4 is 23.5 Å². The molecule has 1 aliphatic carbocycles. The van der Waals surface area contributed by atoms with E-state index in [-0.39, 0.29) is 24.9 Å². The molecule has 0 saturated carbocycles. The Morgan fingerprint density at radius 2 is 1.97 bits per heavy atom. The summed E-state index contributed by atoms with van der Waals surface area (Å²) in [6.45, 7) is 1.43. The number of nitrogens with zero attached hydrogens (tertiary/aromatic N) is 3. The zero-order valence-corrected chi connectivity index (χ0v) is 19.5. The smallest absolute Gasteiger partial charge is 0.307 e. The zero-order chi connectivity index (χ0) is 24.6. The minimum atomic E-state index is -0.869. The molecule has 3 N–H and O–H groups in total. The number of aliphatic carboxylic acids is 1. The summed E-state index contributed by atoms with van der Waals surface area (Å²) in [6, 6.07) is 7.24. The van der Waals surface area contributed by atoms with Crippen molar-refractivity contribution in [3.8, 4) is 0 Å². The fourth-order valence-corrected chi connectivity index (χ4v) is 4.19. The van der Waals surface area contributed by atoms with E-state index in [1.54, 1.807) is 18.3 Å². The Labute approximate surface area is 204 Å². The van der Waals surface area contributed by atoms with E-state index in [0.29, 0.717) is 42.5 Å². The second-order valence-electron chi connectivity index (χ2n) is 8.78. The average molecular weight is 479 g/mol. The molecule has 1 unspecified atom stereocenters. The number of aryl methyl sites for hydroxylation is 1. The van der Waals surface area contributed by atoms with Crippen molar-refractivity contribution < 1.29 is 24.5 Å². The van der Waals surface area contributed by atoms with Crippen molar-refractivity contribution in [1.29, 1.82) is 0 Å². The second-order valence-corrected chi connectivity index (χ2v) is 8.78. The Kier molecular flexibility index (Phi) is 7.97. The monoisotopic (exact) mass is 478 g/mol. The van der Waals surface area contributed by atoms with Crippen LogP contribution in [0.4, 0.5) is 11.6 Å². The van der Waals surface area contributed by atoms with E-state index in [0.717, 1.165) is 36.9 Å². The maximum absolute atomic E-state index is 12.5. The Balaban J connectivity index is 1.30. The molecular formula is C26H30N4O5. The van der Waals surface area contributed by atoms with Crippen molar-refractivity contribution in [2.75, 3.05) is 23.3 Å². The molecule has 1 fully saturated rings. The standard InChI is InChI=1S/C26H30N4O5/c31-21-5-1-2-6-22(21)35-20-4-3-13-30(17-20)24-16-27-15-23(28-24)29-25(32)12-11-18-7-9-19(10-8-18)14-26(33)34/h2,6-10,15-16,20,31H,1,3-5,11-14,17H2,(H,33,34)(H,28,29,32). The normalized spacial score (nSPS) is 17.8. The van der Waals surface area contributed by atoms with Crippen molar-refractivity contribution in [2.24, 2.45) is 0 Å². The number of anilines is 2. The first-order valence-electron chi connectivity index (χ1n) is 11.9. The van der Waals surface area contributed by atoms with Gasteiger partial charge in [0.1, 0.15) is 17.7 Å². The number of hydrogen-bond donors (Lipinski definition) is 3. The molecule has 9 nitrogen and oxygen atoms in total. The Morgan fingerprint density at radius 1 is 1.17 bits per heavy atom. The molecule has 0 bridgehead atoms. The number of rotatable bonds is 9. The number of benzene rings is 1. The fourth-order valence-electron chi connectivity index (χ4n) is 4.19. The minimum Gasteiger partial charge on any atom is -0.508 e. The van der Waals surface area contributed by atoms with E-state index in [4.69, 9.17) is 9.84 Å². The molecule has 4 rings (SSSR count). The molecule has 1 amide bonds. The maximum Gasteiger partial charge on any atom is 0.307 e. The molecule has 35 heavy (non-hydrogen) atoms. The number of amides is 1. The van der Waals surface area contributed by atoms with Gasteiger partial charge in [-0.3, -0.25) is 14.6 Å². The number of allylic oxidation sites excluding steroid dienone is 3. The molecule has 1 saturated heterocycles. The van der Waals surface area contributed by atoms with Crippen LogP contribution < -0.4 is 10.2 Å². The lowest BCUT2D eigenvalue weighted by Crippen LogP contribution is -2.40. The molecule has 9 heteroatoms. The third-order valence-electron chi connectivity index (χ3n) is 6.01. The average Bonchev–Trinajstić information content (AvgIpc) is 2.85. The Morgan fingerprint density at radius 3 is 2.74 bits per heavy atom. The molecule has 184 valence electrons. The summed E-state index contributed by atoms with van der Waals surface area (Å²) in [7, 11) is 0. The van der Waals surface area contributed by atoms with E-state index < -0.39 is 5.97 Å². The summed E-state index contributed by atoms with van der Waals surface area (Å²) in [5.41, 5.74) is 1.69. The fraction of sp³-hybridized carbons (Fsp3) is 0.385. The lowest BCUT2D eigenvalue weighted by Gasteiger charge is -2.34. The highest BCUT2D eigenvalue weighted by atomic mass is 16.5. The molecule has 1 aliphatic heterocycles. The van der Waals surface area contributed by atoms with Crippen LogP contribution in [-0.2, 0) is 27.2 Å². The van der Waals surface area contributed by atoms with Gasteiger partial charge >= 0.3 is 5.97 Å². The van der Waals surface area contributed by atoms with Crippen LogP contribution in [0.2, 0.25) is 0 Å². The first-order valence-corrected chi connectivity index (χ1v) is 11.9. The highest BCUT2D eigenvalue weighted by Crippen LogP contribution is 2.25. The summed E-state index contributed by atoms with van der Waals surface area (Å²) < 4.78 is 6.05. The third-order valence-corrected chi connectivity index (χ3v) is 6.01. The molecule has 2 heterocycles. The number of ether oxygens (including phenoxy) is 1. The van der Waals surface area contributed by atoms with Gasteiger partial charge in [-0.1, -0.05) is 30.3 Å². The van der Waals surface area contributed by atoms with Crippen molar-refractivity contribution in [3.63, 3.8) is 0 Å². The third kappa shape index (κ3) is 7.05. The molecule has 2 aromatic rings. The summed E-state index contributed by atoms with van der Waals surface area (Å²) in [4.78, 5) is 34.2. The number of carboxylic acid groups (broad SMARTS) is 1. The number of hydrogen-bond acceptors (Lipinski definition) is 7. The van der Waals surface area contributed by atoms with Crippen LogP contribution in [0.1, 0.15) is 43.2 Å². The van der Waals surface area contributed by atoms with Crippen LogP contribution >= 0.6 is 0 Å². The number of aliphatic hydroxyl groups excluding tert-OH is 1. The topological polar surface area (TPSA) is 125 Å². The van der Waals surface area contributed by atoms with Gasteiger partial charge in [-0.25, -0.2) is 4.98 Å². The number of carbonyl (C=O) groups is 2. The van der Waals surface area contributed by atoms with Crippen molar-refractivity contribution in [1.82, 2.24) is 9.97 Å². The van der Waals surface area contributed by atoms with E-state index in [1.807, 2.05) is 24.3 Å². The number of nitrogens with one attached hydrogen (secondary N) is 1. The predicted octanol–water partition coefficient (Wildman–Crippen LogP) is 3.78. The van der Waals surface area contributed by atoms with Crippen LogP contribution in [0.5, 0.6) is 0 Å². The largest absolute Gasteiger partial charge is 0.508 e. The van der Waals surface area contributed by atoms with E-state index in [2.05, 4.69) is 20.2 Å². The van der Waals surface area contributed by atoms with Gasteiger partial charge < -0.3 is 25.2 Å². The molecule has 0 spiro atoms. The molecule has 1 aromatic carbocycles. The highest BCUT2D eigenvalue weighted by Gasteiger charge is 2.24. The summed E-state index contributed by atoms with van der Waals surface area (Å²) in [5.74, 6) is 0.867. The van der Waals surface area contributed by atoms with Gasteiger partial charge in [0.05, 0.1) is 25.4 Å². The van der Waals surface area contributed by atoms with Gasteiger partial charge in [-0.05, 0) is 42.9 Å². The van der Waals surface area contributed by atoms with Crippen LogP contribution in [0.3, 0.4) is 0 Å².